The van der Waals surface area contributed by atoms with Crippen LogP contribution < -0.4 is 0 Å². The number of nitrogens with zero attached hydrogens (tertiary/aromatic N) is 2. The van der Waals surface area contributed by atoms with Crippen LogP contribution in [0.4, 0.5) is 0 Å². The molecule has 0 spiro atoms. The maximum Gasteiger partial charge on any atom is 0.159 e. The van der Waals surface area contributed by atoms with Gasteiger partial charge in [0.05, 0.1) is 19.3 Å². The van der Waals surface area contributed by atoms with E-state index >= 15 is 0 Å². The van der Waals surface area contributed by atoms with Gasteiger partial charge in [-0.1, -0.05) is 27.7 Å². The van der Waals surface area contributed by atoms with Crippen molar-refractivity contribution >= 4 is 32.9 Å². The number of halogens is 1. The van der Waals surface area contributed by atoms with E-state index in [-0.39, 0.29) is 0 Å². The minimum Gasteiger partial charge on any atom is -0.377 e. The lowest BCUT2D eigenvalue weighted by Crippen LogP contribution is -2.28. The van der Waals surface area contributed by atoms with Gasteiger partial charge in [0.15, 0.2) is 5.17 Å². The van der Waals surface area contributed by atoms with Crippen molar-refractivity contribution in [3.05, 3.63) is 0 Å². The topological polar surface area (TPSA) is 24.8 Å². The van der Waals surface area contributed by atoms with Crippen LogP contribution in [-0.4, -0.2) is 53.5 Å². The molecule has 1 rings (SSSR count). The lowest BCUT2D eigenvalue weighted by Gasteiger charge is -2.19. The summed E-state index contributed by atoms with van der Waals surface area (Å²) in [6.45, 7) is 6.73. The molecule has 88 valence electrons. The van der Waals surface area contributed by atoms with Crippen LogP contribution in [0.5, 0.6) is 0 Å². The fraction of sp³-hybridized carbons (Fsp3) is 0.900. The summed E-state index contributed by atoms with van der Waals surface area (Å²) in [5, 5.41) is 2.77. The van der Waals surface area contributed by atoms with E-state index in [9.17, 15) is 0 Å². The van der Waals surface area contributed by atoms with Gasteiger partial charge < -0.3 is 9.64 Å². The van der Waals surface area contributed by atoms with Gasteiger partial charge in [-0.25, -0.2) is 0 Å². The summed E-state index contributed by atoms with van der Waals surface area (Å²) in [7, 11) is 2.08. The van der Waals surface area contributed by atoms with Crippen molar-refractivity contribution in [3.8, 4) is 0 Å². The number of hydrogen-bond acceptors (Lipinski definition) is 4. The number of likely N-dealkylation sites (N-methyl/N-ethyl adjacent to an activating group) is 1. The van der Waals surface area contributed by atoms with E-state index < -0.39 is 0 Å². The summed E-state index contributed by atoms with van der Waals surface area (Å²) in [4.78, 5) is 6.68. The SMILES string of the molecule is CC(C)OCCN(C)C1=NCC(CBr)S1. The molecule has 0 bridgehead atoms. The molecule has 1 aliphatic rings. The zero-order valence-corrected chi connectivity index (χ0v) is 12.0. The molecule has 0 radical (unpaired) electrons. The zero-order chi connectivity index (χ0) is 11.3. The van der Waals surface area contributed by atoms with Crippen LogP contribution >= 0.6 is 27.7 Å². The molecule has 3 nitrogen and oxygen atoms in total. The highest BCUT2D eigenvalue weighted by Crippen LogP contribution is 2.23. The van der Waals surface area contributed by atoms with Crippen molar-refractivity contribution < 1.29 is 4.74 Å². The first-order chi connectivity index (χ1) is 7.13. The highest BCUT2D eigenvalue weighted by atomic mass is 79.9. The van der Waals surface area contributed by atoms with Gasteiger partial charge in [-0.3, -0.25) is 4.99 Å². The maximum absolute atomic E-state index is 5.51. The van der Waals surface area contributed by atoms with Crippen LogP contribution in [0.2, 0.25) is 0 Å². The summed E-state index contributed by atoms with van der Waals surface area (Å²) >= 11 is 5.34. The highest BCUT2D eigenvalue weighted by molar-refractivity contribution is 9.09. The van der Waals surface area contributed by atoms with Crippen LogP contribution in [0.15, 0.2) is 4.99 Å². The van der Waals surface area contributed by atoms with Crippen LogP contribution in [0.1, 0.15) is 13.8 Å². The Morgan fingerprint density at radius 1 is 1.67 bits per heavy atom. The lowest BCUT2D eigenvalue weighted by atomic mass is 10.5. The Bertz CT molecular complexity index is 223. The maximum atomic E-state index is 5.51. The molecular weight excluding hydrogens is 276 g/mol. The fourth-order valence-corrected chi connectivity index (χ4v) is 2.75. The first-order valence-electron chi connectivity index (χ1n) is 5.23. The third-order valence-electron chi connectivity index (χ3n) is 2.08. The van der Waals surface area contributed by atoms with Crippen molar-refractivity contribution in [2.45, 2.75) is 25.2 Å². The Morgan fingerprint density at radius 3 is 2.93 bits per heavy atom. The molecule has 5 heteroatoms. The summed E-state index contributed by atoms with van der Waals surface area (Å²) in [5.74, 6) is 0. The number of hydrogen-bond donors (Lipinski definition) is 0. The van der Waals surface area contributed by atoms with Crippen molar-refractivity contribution in [2.75, 3.05) is 32.1 Å². The first kappa shape index (κ1) is 13.3. The normalized spacial score (nSPS) is 20.9. The lowest BCUT2D eigenvalue weighted by molar-refractivity contribution is 0.0728. The van der Waals surface area contributed by atoms with Crippen molar-refractivity contribution in [2.24, 2.45) is 4.99 Å². The number of aliphatic imine (C=N–C) groups is 1. The average Bonchev–Trinajstić information content (AvgIpc) is 2.65. The summed E-state index contributed by atoms with van der Waals surface area (Å²) in [6.07, 6.45) is 0.312. The molecule has 1 heterocycles. The van der Waals surface area contributed by atoms with Crippen LogP contribution in [0.25, 0.3) is 0 Å². The van der Waals surface area contributed by atoms with Gasteiger partial charge in [0, 0.05) is 24.2 Å². The standard InChI is InChI=1S/C10H19BrN2OS/c1-8(2)14-5-4-13(3)10-12-7-9(6-11)15-10/h8-9H,4-7H2,1-3H3. The van der Waals surface area contributed by atoms with Crippen molar-refractivity contribution in [1.82, 2.24) is 4.90 Å². The number of amidine groups is 1. The predicted molar refractivity (Wildman–Crippen MR) is 71.2 cm³/mol. The number of alkyl halides is 1. The molecular formula is C10H19BrN2OS. The minimum atomic E-state index is 0.312. The van der Waals surface area contributed by atoms with Crippen LogP contribution in [-0.2, 0) is 4.74 Å². The number of ether oxygens (including phenoxy) is 1. The molecule has 0 amide bonds. The van der Waals surface area contributed by atoms with Gasteiger partial charge in [-0.2, -0.15) is 0 Å². The Morgan fingerprint density at radius 2 is 2.40 bits per heavy atom. The van der Waals surface area contributed by atoms with Gasteiger partial charge in [-0.15, -0.1) is 0 Å². The van der Waals surface area contributed by atoms with Gasteiger partial charge in [0.1, 0.15) is 0 Å². The average molecular weight is 295 g/mol. The second-order valence-electron chi connectivity index (χ2n) is 3.86. The van der Waals surface area contributed by atoms with E-state index in [1.54, 1.807) is 0 Å². The highest BCUT2D eigenvalue weighted by Gasteiger charge is 2.20. The van der Waals surface area contributed by atoms with Crippen molar-refractivity contribution in [1.29, 1.82) is 0 Å². The third kappa shape index (κ3) is 4.74. The molecule has 0 aromatic rings. The first-order valence-corrected chi connectivity index (χ1v) is 7.23. The Labute approximate surface area is 105 Å². The molecule has 0 saturated heterocycles. The zero-order valence-electron chi connectivity index (χ0n) is 9.57. The monoisotopic (exact) mass is 294 g/mol. The largest absolute Gasteiger partial charge is 0.377 e. The van der Waals surface area contributed by atoms with E-state index in [4.69, 9.17) is 4.74 Å². The third-order valence-corrected chi connectivity index (χ3v) is 4.59. The minimum absolute atomic E-state index is 0.312. The second-order valence-corrected chi connectivity index (χ2v) is 5.77. The number of rotatable bonds is 5. The van der Waals surface area contributed by atoms with Crippen LogP contribution in [0, 0.1) is 0 Å². The quantitative estimate of drug-likeness (QED) is 0.727. The summed E-state index contributed by atoms with van der Waals surface area (Å²) in [6, 6.07) is 0. The molecule has 1 atom stereocenters. The summed E-state index contributed by atoms with van der Waals surface area (Å²) < 4.78 is 5.51. The predicted octanol–water partition coefficient (Wildman–Crippen LogP) is 2.21. The van der Waals surface area contributed by atoms with Gasteiger partial charge in [0.25, 0.3) is 0 Å². The van der Waals surface area contributed by atoms with E-state index in [1.807, 2.05) is 11.8 Å². The van der Waals surface area contributed by atoms with Gasteiger partial charge in [0.2, 0.25) is 0 Å². The Kier molecular flexibility index (Phi) is 6.00. The molecule has 1 unspecified atom stereocenters. The molecule has 0 aromatic heterocycles. The van der Waals surface area contributed by atoms with E-state index in [1.165, 1.54) is 0 Å². The van der Waals surface area contributed by atoms with Gasteiger partial charge in [-0.05, 0) is 13.8 Å². The molecule has 0 aromatic carbocycles. The molecule has 0 N–H and O–H groups in total. The fourth-order valence-electron chi connectivity index (χ4n) is 1.22. The van der Waals surface area contributed by atoms with Gasteiger partial charge >= 0.3 is 0 Å². The van der Waals surface area contributed by atoms with E-state index in [0.717, 1.165) is 30.2 Å². The molecule has 0 saturated carbocycles. The van der Waals surface area contributed by atoms with E-state index in [0.29, 0.717) is 11.4 Å². The second kappa shape index (κ2) is 6.76. The smallest absolute Gasteiger partial charge is 0.159 e. The van der Waals surface area contributed by atoms with Crippen LogP contribution in [0.3, 0.4) is 0 Å². The molecule has 0 aliphatic carbocycles. The molecule has 15 heavy (non-hydrogen) atoms. The van der Waals surface area contributed by atoms with Crippen molar-refractivity contribution in [3.63, 3.8) is 0 Å². The molecule has 0 fully saturated rings. The molecule has 1 aliphatic heterocycles. The summed E-state index contributed by atoms with van der Waals surface area (Å²) in [5.41, 5.74) is 0. The number of thioether (sulfide) groups is 1. The van der Waals surface area contributed by atoms with E-state index in [2.05, 4.69) is 46.7 Å². The Balaban J connectivity index is 2.20. The Hall–Kier alpha value is 0.260.